The number of aliphatic carboxylic acids is 1. The summed E-state index contributed by atoms with van der Waals surface area (Å²) in [5.74, 6) is -2.31. The second-order valence-electron chi connectivity index (χ2n) is 5.31. The van der Waals surface area contributed by atoms with E-state index >= 15 is 0 Å². The summed E-state index contributed by atoms with van der Waals surface area (Å²) in [6.07, 6.45) is 4.65. The Hall–Kier alpha value is -1.36. The Morgan fingerprint density at radius 3 is 2.44 bits per heavy atom. The maximum Gasteiger partial charge on any atom is 0.310 e. The van der Waals surface area contributed by atoms with Crippen LogP contribution in [0.15, 0.2) is 12.2 Å². The van der Waals surface area contributed by atoms with Crippen molar-refractivity contribution in [2.45, 2.75) is 6.42 Å². The topological polar surface area (TPSA) is 66.8 Å². The van der Waals surface area contributed by atoms with Crippen LogP contribution in [0.25, 0.3) is 0 Å². The maximum atomic E-state index is 12.0. The molecule has 0 aliphatic heterocycles. The van der Waals surface area contributed by atoms with Crippen LogP contribution in [0.5, 0.6) is 0 Å². The average molecular weight is 253 g/mol. The van der Waals surface area contributed by atoms with Crippen LogP contribution in [0.1, 0.15) is 6.42 Å². The number of carboxylic acids is 1. The van der Waals surface area contributed by atoms with Crippen LogP contribution in [-0.2, 0) is 14.3 Å². The fourth-order valence-electron chi connectivity index (χ4n) is 2.91. The van der Waals surface area contributed by atoms with Gasteiger partial charge in [-0.2, -0.15) is 0 Å². The number of likely N-dealkylation sites (N-methyl/N-ethyl adjacent to an activating group) is 1. The molecule has 1 N–H and O–H groups in total. The van der Waals surface area contributed by atoms with Gasteiger partial charge in [-0.25, -0.2) is 0 Å². The molecular formula is C13H19NO4. The van der Waals surface area contributed by atoms with Crippen LogP contribution in [-0.4, -0.2) is 49.2 Å². The number of rotatable bonds is 5. The van der Waals surface area contributed by atoms with Gasteiger partial charge < -0.3 is 14.7 Å². The van der Waals surface area contributed by atoms with Crippen molar-refractivity contribution in [2.24, 2.45) is 23.7 Å². The summed E-state index contributed by atoms with van der Waals surface area (Å²) in [4.78, 5) is 25.2. The van der Waals surface area contributed by atoms with Gasteiger partial charge in [-0.05, 0) is 32.4 Å². The molecule has 2 aliphatic rings. The lowest BCUT2D eigenvalue weighted by molar-refractivity contribution is -0.158. The van der Waals surface area contributed by atoms with Gasteiger partial charge in [0, 0.05) is 6.54 Å². The standard InChI is InChI=1S/C13H19NO4/c1-14(2)5-6-18-13(17)11-9-4-3-8(7-9)10(11)12(15)16/h3-4,8-11H,5-7H2,1-2H3,(H,15,16)/t8-,9-,10+,11+/m0/s1. The molecule has 1 fully saturated rings. The lowest BCUT2D eigenvalue weighted by atomic mass is 9.83. The molecule has 0 unspecified atom stereocenters. The van der Waals surface area contributed by atoms with E-state index in [1.807, 2.05) is 31.1 Å². The van der Waals surface area contributed by atoms with Crippen LogP contribution in [0.4, 0.5) is 0 Å². The fraction of sp³-hybridized carbons (Fsp3) is 0.692. The SMILES string of the molecule is CN(C)CCOC(=O)[C@H]1[C@H](C(=O)O)[C@H]2C=C[C@H]1C2. The Morgan fingerprint density at radius 2 is 1.89 bits per heavy atom. The summed E-state index contributed by atoms with van der Waals surface area (Å²) in [5, 5.41) is 9.22. The largest absolute Gasteiger partial charge is 0.481 e. The lowest BCUT2D eigenvalue weighted by Gasteiger charge is -2.23. The molecule has 4 atom stereocenters. The van der Waals surface area contributed by atoms with E-state index < -0.39 is 17.8 Å². The minimum absolute atomic E-state index is 0.00102. The van der Waals surface area contributed by atoms with Crippen molar-refractivity contribution in [3.8, 4) is 0 Å². The second-order valence-corrected chi connectivity index (χ2v) is 5.31. The summed E-state index contributed by atoms with van der Waals surface area (Å²) in [7, 11) is 3.79. The number of ether oxygens (including phenoxy) is 1. The molecular weight excluding hydrogens is 234 g/mol. The van der Waals surface area contributed by atoms with Crippen molar-refractivity contribution in [3.63, 3.8) is 0 Å². The lowest BCUT2D eigenvalue weighted by Crippen LogP contribution is -2.35. The Morgan fingerprint density at radius 1 is 1.28 bits per heavy atom. The molecule has 2 aliphatic carbocycles. The number of hydrogen-bond acceptors (Lipinski definition) is 4. The maximum absolute atomic E-state index is 12.0. The Balaban J connectivity index is 1.96. The first-order chi connectivity index (χ1) is 8.50. The molecule has 5 heteroatoms. The first-order valence-corrected chi connectivity index (χ1v) is 6.23. The van der Waals surface area contributed by atoms with Gasteiger partial charge in [0.1, 0.15) is 6.61 Å². The average Bonchev–Trinajstić information content (AvgIpc) is 2.87. The Bertz CT molecular complexity index is 377. The number of esters is 1. The number of carboxylic acid groups (broad SMARTS) is 1. The van der Waals surface area contributed by atoms with Crippen LogP contribution < -0.4 is 0 Å². The minimum Gasteiger partial charge on any atom is -0.481 e. The monoisotopic (exact) mass is 253 g/mol. The van der Waals surface area contributed by atoms with E-state index in [0.29, 0.717) is 13.2 Å². The van der Waals surface area contributed by atoms with Gasteiger partial charge in [-0.1, -0.05) is 12.2 Å². The van der Waals surface area contributed by atoms with E-state index in [1.165, 1.54) is 0 Å². The molecule has 5 nitrogen and oxygen atoms in total. The van der Waals surface area contributed by atoms with E-state index in [4.69, 9.17) is 4.74 Å². The number of hydrogen-bond donors (Lipinski definition) is 1. The van der Waals surface area contributed by atoms with E-state index in [2.05, 4.69) is 0 Å². The van der Waals surface area contributed by atoms with Gasteiger partial charge in [-0.15, -0.1) is 0 Å². The van der Waals surface area contributed by atoms with Crippen LogP contribution in [0.2, 0.25) is 0 Å². The predicted octanol–water partition coefficient (Wildman–Crippen LogP) is 0.614. The molecule has 0 saturated heterocycles. The molecule has 2 bridgehead atoms. The molecule has 100 valence electrons. The zero-order valence-electron chi connectivity index (χ0n) is 10.7. The van der Waals surface area contributed by atoms with Crippen molar-refractivity contribution in [1.29, 1.82) is 0 Å². The van der Waals surface area contributed by atoms with Crippen molar-refractivity contribution in [3.05, 3.63) is 12.2 Å². The fourth-order valence-corrected chi connectivity index (χ4v) is 2.91. The van der Waals surface area contributed by atoms with Gasteiger partial charge in [0.05, 0.1) is 11.8 Å². The minimum atomic E-state index is -0.888. The van der Waals surface area contributed by atoms with Gasteiger partial charge in [0.2, 0.25) is 0 Å². The van der Waals surface area contributed by atoms with Gasteiger partial charge >= 0.3 is 11.9 Å². The molecule has 0 aromatic carbocycles. The third kappa shape index (κ3) is 2.41. The van der Waals surface area contributed by atoms with Gasteiger partial charge in [0.15, 0.2) is 0 Å². The normalized spacial score (nSPS) is 33.1. The molecule has 0 radical (unpaired) electrons. The van der Waals surface area contributed by atoms with E-state index in [-0.39, 0.29) is 17.8 Å². The molecule has 0 aromatic rings. The van der Waals surface area contributed by atoms with E-state index in [1.54, 1.807) is 0 Å². The predicted molar refractivity (Wildman–Crippen MR) is 64.9 cm³/mol. The Labute approximate surface area is 106 Å². The molecule has 0 heterocycles. The Kier molecular flexibility index (Phi) is 3.71. The smallest absolute Gasteiger partial charge is 0.310 e. The number of nitrogens with zero attached hydrogens (tertiary/aromatic N) is 1. The molecule has 0 amide bonds. The zero-order valence-corrected chi connectivity index (χ0v) is 10.7. The molecule has 18 heavy (non-hydrogen) atoms. The van der Waals surface area contributed by atoms with Crippen molar-refractivity contribution >= 4 is 11.9 Å². The molecule has 0 aromatic heterocycles. The summed E-state index contributed by atoms with van der Waals surface area (Å²) < 4.78 is 5.19. The number of carbonyl (C=O) groups excluding carboxylic acids is 1. The number of fused-ring (bicyclic) bond motifs is 2. The second kappa shape index (κ2) is 5.10. The zero-order chi connectivity index (χ0) is 13.3. The van der Waals surface area contributed by atoms with E-state index in [9.17, 15) is 14.7 Å². The highest BCUT2D eigenvalue weighted by atomic mass is 16.5. The number of carbonyl (C=O) groups is 2. The summed E-state index contributed by atoms with van der Waals surface area (Å²) in [6, 6.07) is 0. The van der Waals surface area contributed by atoms with Crippen molar-refractivity contribution in [1.82, 2.24) is 4.90 Å². The first kappa shape index (κ1) is 13.1. The highest BCUT2D eigenvalue weighted by Crippen LogP contribution is 2.48. The molecule has 2 rings (SSSR count). The summed E-state index contributed by atoms with van der Waals surface area (Å²) >= 11 is 0. The van der Waals surface area contributed by atoms with Crippen LogP contribution in [0.3, 0.4) is 0 Å². The van der Waals surface area contributed by atoms with Gasteiger partial charge in [-0.3, -0.25) is 9.59 Å². The van der Waals surface area contributed by atoms with E-state index in [0.717, 1.165) is 6.42 Å². The quantitative estimate of drug-likeness (QED) is 0.574. The van der Waals surface area contributed by atoms with Gasteiger partial charge in [0.25, 0.3) is 0 Å². The highest BCUT2D eigenvalue weighted by Gasteiger charge is 2.52. The first-order valence-electron chi connectivity index (χ1n) is 6.23. The highest BCUT2D eigenvalue weighted by molar-refractivity contribution is 5.83. The van der Waals surface area contributed by atoms with Crippen molar-refractivity contribution < 1.29 is 19.4 Å². The van der Waals surface area contributed by atoms with Crippen LogP contribution in [0, 0.1) is 23.7 Å². The molecule has 1 saturated carbocycles. The molecule has 0 spiro atoms. The van der Waals surface area contributed by atoms with Crippen LogP contribution >= 0.6 is 0 Å². The van der Waals surface area contributed by atoms with Crippen molar-refractivity contribution in [2.75, 3.05) is 27.2 Å². The third-order valence-corrected chi connectivity index (χ3v) is 3.80. The summed E-state index contributed by atoms with van der Waals surface area (Å²) in [6.45, 7) is 0.968. The third-order valence-electron chi connectivity index (χ3n) is 3.80. The summed E-state index contributed by atoms with van der Waals surface area (Å²) in [5.41, 5.74) is 0. The number of allylic oxidation sites excluding steroid dienone is 2.